The Morgan fingerprint density at radius 1 is 1.55 bits per heavy atom. The van der Waals surface area contributed by atoms with E-state index in [1.165, 1.54) is 19.3 Å². The zero-order valence-electron chi connectivity index (χ0n) is 7.51. The highest BCUT2D eigenvalue weighted by Gasteiger charge is 2.18. The Kier molecular flexibility index (Phi) is 3.34. The fraction of sp³-hybridized carbons (Fsp3) is 1.00. The van der Waals surface area contributed by atoms with Crippen LogP contribution in [0, 0.1) is 0 Å². The van der Waals surface area contributed by atoms with E-state index < -0.39 is 0 Å². The van der Waals surface area contributed by atoms with Crippen LogP contribution in [0.5, 0.6) is 0 Å². The molecule has 0 amide bonds. The summed E-state index contributed by atoms with van der Waals surface area (Å²) in [5.74, 6) is 0. The van der Waals surface area contributed by atoms with E-state index in [2.05, 4.69) is 12.2 Å². The summed E-state index contributed by atoms with van der Waals surface area (Å²) in [6.07, 6.45) is 4.58. The minimum atomic E-state index is -0.155. The molecule has 0 radical (unpaired) electrons. The fourth-order valence-electron chi connectivity index (χ4n) is 1.84. The molecule has 1 rings (SSSR count). The van der Waals surface area contributed by atoms with E-state index in [0.717, 1.165) is 6.42 Å². The third kappa shape index (κ3) is 3.21. The zero-order chi connectivity index (χ0) is 8.27. The van der Waals surface area contributed by atoms with Gasteiger partial charge in [0.1, 0.15) is 0 Å². The molecule has 1 heterocycles. The predicted molar refractivity (Wildman–Crippen MR) is 46.5 cm³/mol. The van der Waals surface area contributed by atoms with E-state index in [1.54, 1.807) is 0 Å². The molecule has 3 atom stereocenters. The second-order valence-corrected chi connectivity index (χ2v) is 3.78. The SMILES string of the molecule is C[C@H](O)C[C@@H]1CCC[C@H](C)N1. The van der Waals surface area contributed by atoms with Crippen molar-refractivity contribution in [2.45, 2.75) is 57.7 Å². The third-order valence-corrected chi connectivity index (χ3v) is 2.34. The number of aliphatic hydroxyl groups is 1. The molecule has 1 aliphatic rings. The lowest BCUT2D eigenvalue weighted by atomic mass is 9.96. The maximum Gasteiger partial charge on any atom is 0.0526 e. The van der Waals surface area contributed by atoms with Crippen LogP contribution in [0.3, 0.4) is 0 Å². The molecule has 66 valence electrons. The van der Waals surface area contributed by atoms with Gasteiger partial charge in [-0.25, -0.2) is 0 Å². The van der Waals surface area contributed by atoms with Gasteiger partial charge in [-0.15, -0.1) is 0 Å². The van der Waals surface area contributed by atoms with Crippen molar-refractivity contribution in [2.24, 2.45) is 0 Å². The van der Waals surface area contributed by atoms with Crippen LogP contribution in [0.25, 0.3) is 0 Å². The first-order valence-electron chi connectivity index (χ1n) is 4.62. The summed E-state index contributed by atoms with van der Waals surface area (Å²) in [6, 6.07) is 1.20. The topological polar surface area (TPSA) is 32.3 Å². The second kappa shape index (κ2) is 4.07. The van der Waals surface area contributed by atoms with Crippen LogP contribution in [0.2, 0.25) is 0 Å². The Morgan fingerprint density at radius 3 is 2.82 bits per heavy atom. The quantitative estimate of drug-likeness (QED) is 0.633. The maximum atomic E-state index is 9.15. The average molecular weight is 157 g/mol. The van der Waals surface area contributed by atoms with Crippen molar-refractivity contribution >= 4 is 0 Å². The number of hydrogen-bond donors (Lipinski definition) is 2. The van der Waals surface area contributed by atoms with Crippen molar-refractivity contribution in [3.8, 4) is 0 Å². The van der Waals surface area contributed by atoms with Crippen LogP contribution in [0.4, 0.5) is 0 Å². The summed E-state index contributed by atoms with van der Waals surface area (Å²) in [7, 11) is 0. The van der Waals surface area contributed by atoms with E-state index in [0.29, 0.717) is 12.1 Å². The van der Waals surface area contributed by atoms with E-state index in [4.69, 9.17) is 5.11 Å². The molecule has 0 unspecified atom stereocenters. The van der Waals surface area contributed by atoms with Gasteiger partial charge in [-0.1, -0.05) is 6.42 Å². The summed E-state index contributed by atoms with van der Waals surface area (Å²) in [5.41, 5.74) is 0. The summed E-state index contributed by atoms with van der Waals surface area (Å²) in [6.45, 7) is 4.08. The highest BCUT2D eigenvalue weighted by Crippen LogP contribution is 2.15. The number of hydrogen-bond acceptors (Lipinski definition) is 2. The van der Waals surface area contributed by atoms with Gasteiger partial charge in [0.25, 0.3) is 0 Å². The summed E-state index contributed by atoms with van der Waals surface area (Å²) in [4.78, 5) is 0. The number of rotatable bonds is 2. The number of nitrogens with one attached hydrogen (secondary N) is 1. The zero-order valence-corrected chi connectivity index (χ0v) is 7.51. The van der Waals surface area contributed by atoms with Crippen molar-refractivity contribution in [1.82, 2.24) is 5.32 Å². The molecule has 0 aromatic rings. The molecule has 0 aliphatic carbocycles. The van der Waals surface area contributed by atoms with E-state index in [9.17, 15) is 0 Å². The van der Waals surface area contributed by atoms with E-state index in [-0.39, 0.29) is 6.10 Å². The van der Waals surface area contributed by atoms with Gasteiger partial charge < -0.3 is 10.4 Å². The maximum absolute atomic E-state index is 9.15. The van der Waals surface area contributed by atoms with Gasteiger partial charge in [0.2, 0.25) is 0 Å². The molecule has 1 saturated heterocycles. The lowest BCUT2D eigenvalue weighted by Crippen LogP contribution is -2.41. The molecular formula is C9H19NO. The predicted octanol–water partition coefficient (Wildman–Crippen LogP) is 1.29. The van der Waals surface area contributed by atoms with Crippen LogP contribution in [-0.4, -0.2) is 23.3 Å². The van der Waals surface area contributed by atoms with Gasteiger partial charge in [-0.05, 0) is 33.1 Å². The fourth-order valence-corrected chi connectivity index (χ4v) is 1.84. The largest absolute Gasteiger partial charge is 0.393 e. The van der Waals surface area contributed by atoms with Crippen LogP contribution in [0.15, 0.2) is 0 Å². The van der Waals surface area contributed by atoms with Crippen LogP contribution in [-0.2, 0) is 0 Å². The summed E-state index contributed by atoms with van der Waals surface area (Å²) >= 11 is 0. The highest BCUT2D eigenvalue weighted by atomic mass is 16.3. The van der Waals surface area contributed by atoms with Crippen molar-refractivity contribution in [2.75, 3.05) is 0 Å². The molecule has 0 aromatic carbocycles. The standard InChI is InChI=1S/C9H19NO/c1-7-4-3-5-9(10-7)6-8(2)11/h7-11H,3-6H2,1-2H3/t7-,8-,9-/m0/s1. The van der Waals surface area contributed by atoms with Gasteiger partial charge in [0.05, 0.1) is 6.10 Å². The lowest BCUT2D eigenvalue weighted by molar-refractivity contribution is 0.154. The van der Waals surface area contributed by atoms with Gasteiger partial charge in [0, 0.05) is 12.1 Å². The normalized spacial score (nSPS) is 35.2. The molecule has 1 aliphatic heterocycles. The third-order valence-electron chi connectivity index (χ3n) is 2.34. The van der Waals surface area contributed by atoms with Crippen LogP contribution < -0.4 is 5.32 Å². The van der Waals surface area contributed by atoms with Crippen molar-refractivity contribution in [1.29, 1.82) is 0 Å². The first kappa shape index (κ1) is 9.01. The average Bonchev–Trinajstić information content (AvgIpc) is 1.85. The van der Waals surface area contributed by atoms with E-state index >= 15 is 0 Å². The summed E-state index contributed by atoms with van der Waals surface area (Å²) < 4.78 is 0. The summed E-state index contributed by atoms with van der Waals surface area (Å²) in [5, 5.41) is 12.6. The molecule has 2 N–H and O–H groups in total. The van der Waals surface area contributed by atoms with Crippen LogP contribution >= 0.6 is 0 Å². The first-order chi connectivity index (χ1) is 5.18. The monoisotopic (exact) mass is 157 g/mol. The smallest absolute Gasteiger partial charge is 0.0526 e. The van der Waals surface area contributed by atoms with Crippen molar-refractivity contribution < 1.29 is 5.11 Å². The van der Waals surface area contributed by atoms with Crippen molar-refractivity contribution in [3.05, 3.63) is 0 Å². The molecule has 0 aromatic heterocycles. The second-order valence-electron chi connectivity index (χ2n) is 3.78. The highest BCUT2D eigenvalue weighted by molar-refractivity contribution is 4.78. The Hall–Kier alpha value is -0.0800. The van der Waals surface area contributed by atoms with Gasteiger partial charge in [-0.3, -0.25) is 0 Å². The Morgan fingerprint density at radius 2 is 2.27 bits per heavy atom. The molecule has 2 nitrogen and oxygen atoms in total. The molecule has 0 saturated carbocycles. The van der Waals surface area contributed by atoms with Crippen LogP contribution in [0.1, 0.15) is 39.5 Å². The molecular weight excluding hydrogens is 138 g/mol. The van der Waals surface area contributed by atoms with Gasteiger partial charge in [-0.2, -0.15) is 0 Å². The molecule has 11 heavy (non-hydrogen) atoms. The number of aliphatic hydroxyl groups excluding tert-OH is 1. The minimum absolute atomic E-state index is 0.155. The Bertz CT molecular complexity index is 112. The van der Waals surface area contributed by atoms with Gasteiger partial charge >= 0.3 is 0 Å². The molecule has 0 bridgehead atoms. The molecule has 2 heteroatoms. The first-order valence-corrected chi connectivity index (χ1v) is 4.62. The van der Waals surface area contributed by atoms with E-state index in [1.807, 2.05) is 6.92 Å². The van der Waals surface area contributed by atoms with Crippen molar-refractivity contribution in [3.63, 3.8) is 0 Å². The lowest BCUT2D eigenvalue weighted by Gasteiger charge is -2.29. The Balaban J connectivity index is 2.23. The molecule has 1 fully saturated rings. The number of piperidine rings is 1. The Labute approximate surface area is 69.0 Å². The minimum Gasteiger partial charge on any atom is -0.393 e. The van der Waals surface area contributed by atoms with Gasteiger partial charge in [0.15, 0.2) is 0 Å². The molecule has 0 spiro atoms.